The van der Waals surface area contributed by atoms with Crippen LogP contribution in [0.2, 0.25) is 0 Å². The fourth-order valence-corrected chi connectivity index (χ4v) is 2.71. The van der Waals surface area contributed by atoms with E-state index in [0.717, 1.165) is 24.3 Å². The van der Waals surface area contributed by atoms with Crippen molar-refractivity contribution in [1.29, 1.82) is 0 Å². The van der Waals surface area contributed by atoms with Gasteiger partial charge in [-0.1, -0.05) is 12.1 Å². The lowest BCUT2D eigenvalue weighted by Crippen LogP contribution is -2.34. The van der Waals surface area contributed by atoms with Crippen LogP contribution in [0, 0.1) is 5.92 Å². The Labute approximate surface area is 172 Å². The molecule has 2 aromatic rings. The van der Waals surface area contributed by atoms with Crippen LogP contribution in [0.5, 0.6) is 0 Å². The smallest absolute Gasteiger partial charge is 0.325 e. The number of alkyl halides is 7. The summed E-state index contributed by atoms with van der Waals surface area (Å²) in [4.78, 5) is 24.9. The first-order valence-corrected chi connectivity index (χ1v) is 8.97. The van der Waals surface area contributed by atoms with E-state index in [9.17, 15) is 35.9 Å². The van der Waals surface area contributed by atoms with Gasteiger partial charge in [-0.15, -0.1) is 11.6 Å². The van der Waals surface area contributed by atoms with Gasteiger partial charge in [0, 0.05) is 17.3 Å². The van der Waals surface area contributed by atoms with Crippen LogP contribution in [0.15, 0.2) is 48.5 Å². The molecule has 0 aromatic heterocycles. The second-order valence-corrected chi connectivity index (χ2v) is 6.54. The van der Waals surface area contributed by atoms with Crippen molar-refractivity contribution in [3.8, 4) is 0 Å². The molecule has 0 bridgehead atoms. The molecule has 2 amide bonds. The van der Waals surface area contributed by atoms with Gasteiger partial charge < -0.3 is 10.6 Å². The Morgan fingerprint density at radius 2 is 1.20 bits per heavy atom. The first-order chi connectivity index (χ1) is 13.9. The highest BCUT2D eigenvalue weighted by molar-refractivity contribution is 6.19. The number of anilines is 2. The van der Waals surface area contributed by atoms with E-state index in [1.807, 2.05) is 0 Å². The van der Waals surface area contributed by atoms with Crippen molar-refractivity contribution >= 4 is 34.8 Å². The second kappa shape index (κ2) is 9.38. The third-order valence-corrected chi connectivity index (χ3v) is 4.16. The van der Waals surface area contributed by atoms with Crippen molar-refractivity contribution in [2.75, 3.05) is 16.5 Å². The zero-order chi connectivity index (χ0) is 22.5. The molecule has 0 saturated carbocycles. The lowest BCUT2D eigenvalue weighted by atomic mass is 10.0. The van der Waals surface area contributed by atoms with E-state index in [4.69, 9.17) is 11.6 Å². The molecule has 0 aliphatic carbocycles. The van der Waals surface area contributed by atoms with Gasteiger partial charge in [0.25, 0.3) is 0 Å². The van der Waals surface area contributed by atoms with E-state index in [0.29, 0.717) is 12.1 Å². The standard InChI is InChI=1S/C19H15ClF6N2O2/c20-8-7-15(16(29)27-13-5-1-3-11(9-13)18(21,22)23)17(30)28-14-6-2-4-12(10-14)19(24,25)26/h1-6,9-10,15H,7-8H2,(H,27,29)(H,28,30). The first-order valence-electron chi connectivity index (χ1n) is 8.44. The van der Waals surface area contributed by atoms with Crippen LogP contribution >= 0.6 is 11.6 Å². The molecule has 0 saturated heterocycles. The highest BCUT2D eigenvalue weighted by Gasteiger charge is 2.32. The Morgan fingerprint density at radius 3 is 1.53 bits per heavy atom. The summed E-state index contributed by atoms with van der Waals surface area (Å²) < 4.78 is 76.8. The summed E-state index contributed by atoms with van der Waals surface area (Å²) in [5.41, 5.74) is -2.38. The number of amides is 2. The summed E-state index contributed by atoms with van der Waals surface area (Å²) in [6, 6.07) is 7.58. The first kappa shape index (κ1) is 23.5. The maximum atomic E-state index is 12.8. The predicted molar refractivity (Wildman–Crippen MR) is 99.0 cm³/mol. The van der Waals surface area contributed by atoms with Gasteiger partial charge in [-0.25, -0.2) is 0 Å². The van der Waals surface area contributed by atoms with Crippen LogP contribution in [-0.2, 0) is 21.9 Å². The van der Waals surface area contributed by atoms with Gasteiger partial charge >= 0.3 is 12.4 Å². The van der Waals surface area contributed by atoms with Gasteiger partial charge in [0.15, 0.2) is 0 Å². The maximum absolute atomic E-state index is 12.8. The summed E-state index contributed by atoms with van der Waals surface area (Å²) in [7, 11) is 0. The monoisotopic (exact) mass is 452 g/mol. The van der Waals surface area contributed by atoms with Gasteiger partial charge in [0.05, 0.1) is 11.1 Å². The maximum Gasteiger partial charge on any atom is 0.416 e. The normalized spacial score (nSPS) is 12.0. The number of rotatable bonds is 6. The van der Waals surface area contributed by atoms with Crippen LogP contribution in [0.4, 0.5) is 37.7 Å². The quantitative estimate of drug-likeness (QED) is 0.343. The van der Waals surface area contributed by atoms with Crippen LogP contribution in [0.1, 0.15) is 17.5 Å². The fraction of sp³-hybridized carbons (Fsp3) is 0.263. The average Bonchev–Trinajstić information content (AvgIpc) is 2.65. The lowest BCUT2D eigenvalue weighted by molar-refractivity contribution is -0.138. The zero-order valence-electron chi connectivity index (χ0n) is 15.1. The lowest BCUT2D eigenvalue weighted by Gasteiger charge is -2.17. The van der Waals surface area contributed by atoms with Crippen LogP contribution < -0.4 is 10.6 Å². The van der Waals surface area contributed by atoms with Crippen molar-refractivity contribution in [3.05, 3.63) is 59.7 Å². The Morgan fingerprint density at radius 1 is 0.800 bits per heavy atom. The molecular formula is C19H15ClF6N2O2. The number of carbonyl (C=O) groups is 2. The molecule has 4 nitrogen and oxygen atoms in total. The van der Waals surface area contributed by atoms with Crippen molar-refractivity contribution in [2.45, 2.75) is 18.8 Å². The van der Waals surface area contributed by atoms with Crippen LogP contribution in [0.3, 0.4) is 0 Å². The SMILES string of the molecule is O=C(Nc1cccc(C(F)(F)F)c1)C(CCCl)C(=O)Nc1cccc(C(F)(F)F)c1. The molecule has 0 aliphatic heterocycles. The van der Waals surface area contributed by atoms with E-state index in [1.54, 1.807) is 0 Å². The topological polar surface area (TPSA) is 58.2 Å². The Kier molecular flexibility index (Phi) is 7.35. The molecule has 0 heterocycles. The van der Waals surface area contributed by atoms with E-state index >= 15 is 0 Å². The van der Waals surface area contributed by atoms with E-state index in [1.165, 1.54) is 12.1 Å². The van der Waals surface area contributed by atoms with Crippen LogP contribution in [-0.4, -0.2) is 17.7 Å². The van der Waals surface area contributed by atoms with E-state index in [2.05, 4.69) is 10.6 Å². The fourth-order valence-electron chi connectivity index (χ4n) is 2.50. The van der Waals surface area contributed by atoms with Gasteiger partial charge in [0.2, 0.25) is 11.8 Å². The van der Waals surface area contributed by atoms with Gasteiger partial charge in [-0.3, -0.25) is 9.59 Å². The molecule has 2 rings (SSSR count). The molecule has 0 radical (unpaired) electrons. The van der Waals surface area contributed by atoms with Gasteiger partial charge in [-0.05, 0) is 42.8 Å². The van der Waals surface area contributed by atoms with Crippen molar-refractivity contribution < 1.29 is 35.9 Å². The summed E-state index contributed by atoms with van der Waals surface area (Å²) in [6.45, 7) is 0. The highest BCUT2D eigenvalue weighted by atomic mass is 35.5. The average molecular weight is 453 g/mol. The molecule has 0 fully saturated rings. The minimum atomic E-state index is -4.63. The highest BCUT2D eigenvalue weighted by Crippen LogP contribution is 2.32. The van der Waals surface area contributed by atoms with E-state index < -0.39 is 41.2 Å². The molecule has 11 heteroatoms. The van der Waals surface area contributed by atoms with Crippen molar-refractivity contribution in [3.63, 3.8) is 0 Å². The Balaban J connectivity index is 2.17. The number of nitrogens with one attached hydrogen (secondary N) is 2. The number of halogens is 7. The molecule has 0 spiro atoms. The molecule has 2 aromatic carbocycles. The molecule has 2 N–H and O–H groups in total. The van der Waals surface area contributed by atoms with Gasteiger partial charge in [0.1, 0.15) is 5.92 Å². The molecule has 0 atom stereocenters. The van der Waals surface area contributed by atoms with Crippen molar-refractivity contribution in [2.24, 2.45) is 5.92 Å². The molecular weight excluding hydrogens is 438 g/mol. The Hall–Kier alpha value is -2.75. The van der Waals surface area contributed by atoms with Crippen LogP contribution in [0.25, 0.3) is 0 Å². The number of benzene rings is 2. The Bertz CT molecular complexity index is 843. The summed E-state index contributed by atoms with van der Waals surface area (Å²) in [5.74, 6) is -3.47. The zero-order valence-corrected chi connectivity index (χ0v) is 15.8. The molecule has 0 unspecified atom stereocenters. The summed E-state index contributed by atoms with van der Waals surface area (Å²) in [5, 5.41) is 4.41. The molecule has 30 heavy (non-hydrogen) atoms. The second-order valence-electron chi connectivity index (χ2n) is 6.17. The third-order valence-electron chi connectivity index (χ3n) is 3.95. The third kappa shape index (κ3) is 6.38. The largest absolute Gasteiger partial charge is 0.416 e. The van der Waals surface area contributed by atoms with Gasteiger partial charge in [-0.2, -0.15) is 26.3 Å². The summed E-state index contributed by atoms with van der Waals surface area (Å²) in [6.07, 6.45) is -9.44. The number of hydrogen-bond acceptors (Lipinski definition) is 2. The molecule has 0 aliphatic rings. The molecule has 162 valence electrons. The van der Waals surface area contributed by atoms with E-state index in [-0.39, 0.29) is 23.7 Å². The predicted octanol–water partition coefficient (Wildman–Crippen LogP) is 5.55. The number of hydrogen-bond donors (Lipinski definition) is 2. The minimum Gasteiger partial charge on any atom is -0.325 e. The number of carbonyl (C=O) groups excluding carboxylic acids is 2. The van der Waals surface area contributed by atoms with Crippen molar-refractivity contribution in [1.82, 2.24) is 0 Å². The summed E-state index contributed by atoms with van der Waals surface area (Å²) >= 11 is 5.60. The minimum absolute atomic E-state index is 0.142.